The van der Waals surface area contributed by atoms with E-state index in [2.05, 4.69) is 17.2 Å². The quantitative estimate of drug-likeness (QED) is 0.926. The van der Waals surface area contributed by atoms with Gasteiger partial charge in [-0.25, -0.2) is 4.98 Å². The third-order valence-electron chi connectivity index (χ3n) is 2.89. The van der Waals surface area contributed by atoms with Crippen molar-refractivity contribution in [1.29, 1.82) is 0 Å². The summed E-state index contributed by atoms with van der Waals surface area (Å²) in [6, 6.07) is 4.39. The minimum Gasteiger partial charge on any atom is -0.348 e. The molecule has 1 saturated carbocycles. The van der Waals surface area contributed by atoms with Gasteiger partial charge in [-0.1, -0.05) is 13.0 Å². The molecule has 0 aromatic carbocycles. The molecule has 2 aromatic rings. The number of carbonyl (C=O) groups excluding carboxylic acids is 1. The third kappa shape index (κ3) is 2.25. The lowest BCUT2D eigenvalue weighted by molar-refractivity contribution is 0.0953. The van der Waals surface area contributed by atoms with E-state index < -0.39 is 0 Å². The normalized spacial score (nSPS) is 22.4. The summed E-state index contributed by atoms with van der Waals surface area (Å²) < 4.78 is 0. The van der Waals surface area contributed by atoms with E-state index in [4.69, 9.17) is 0 Å². The van der Waals surface area contributed by atoms with Crippen LogP contribution in [0.25, 0.3) is 9.88 Å². The Balaban J connectivity index is 1.74. The fourth-order valence-corrected chi connectivity index (χ4v) is 3.28. The van der Waals surface area contributed by atoms with Gasteiger partial charge in [0.15, 0.2) is 0 Å². The lowest BCUT2D eigenvalue weighted by Gasteiger charge is -1.99. The molecule has 0 spiro atoms. The van der Waals surface area contributed by atoms with Gasteiger partial charge in [0.1, 0.15) is 9.88 Å². The molecule has 88 valence electrons. The predicted molar refractivity (Wildman–Crippen MR) is 70.5 cm³/mol. The molecule has 17 heavy (non-hydrogen) atoms. The molecule has 0 radical (unpaired) electrons. The van der Waals surface area contributed by atoms with Crippen molar-refractivity contribution >= 4 is 28.6 Å². The first-order chi connectivity index (χ1) is 8.24. The highest BCUT2D eigenvalue weighted by molar-refractivity contribution is 7.21. The Labute approximate surface area is 108 Å². The van der Waals surface area contributed by atoms with Gasteiger partial charge in [0.2, 0.25) is 0 Å². The zero-order valence-electron chi connectivity index (χ0n) is 9.34. The fourth-order valence-electron chi connectivity index (χ4n) is 1.66. The summed E-state index contributed by atoms with van der Waals surface area (Å²) in [5, 5.41) is 5.95. The summed E-state index contributed by atoms with van der Waals surface area (Å²) in [6.45, 7) is 2.15. The van der Waals surface area contributed by atoms with Crippen LogP contribution in [-0.4, -0.2) is 16.9 Å². The molecular formula is C12H12N2OS2. The van der Waals surface area contributed by atoms with E-state index in [-0.39, 0.29) is 5.91 Å². The topological polar surface area (TPSA) is 42.0 Å². The van der Waals surface area contributed by atoms with Gasteiger partial charge in [0, 0.05) is 6.04 Å². The Morgan fingerprint density at radius 3 is 3.06 bits per heavy atom. The zero-order chi connectivity index (χ0) is 11.8. The van der Waals surface area contributed by atoms with Gasteiger partial charge < -0.3 is 5.32 Å². The van der Waals surface area contributed by atoms with Crippen LogP contribution in [0.15, 0.2) is 23.7 Å². The number of carbonyl (C=O) groups is 1. The van der Waals surface area contributed by atoms with Gasteiger partial charge in [-0.15, -0.1) is 22.7 Å². The summed E-state index contributed by atoms with van der Waals surface area (Å²) in [5.41, 5.74) is 0. The molecule has 5 heteroatoms. The van der Waals surface area contributed by atoms with Gasteiger partial charge in [0.05, 0.1) is 11.1 Å². The van der Waals surface area contributed by atoms with Crippen molar-refractivity contribution in [1.82, 2.24) is 10.3 Å². The summed E-state index contributed by atoms with van der Waals surface area (Å²) in [5.74, 6) is 0.642. The van der Waals surface area contributed by atoms with Crippen LogP contribution < -0.4 is 5.32 Å². The second-order valence-electron chi connectivity index (χ2n) is 4.30. The van der Waals surface area contributed by atoms with Crippen LogP contribution in [0, 0.1) is 5.92 Å². The van der Waals surface area contributed by atoms with E-state index in [0.717, 1.165) is 16.3 Å². The van der Waals surface area contributed by atoms with Crippen LogP contribution in [0.5, 0.6) is 0 Å². The van der Waals surface area contributed by atoms with Crippen LogP contribution in [0.2, 0.25) is 0 Å². The molecule has 1 aliphatic carbocycles. The van der Waals surface area contributed by atoms with Gasteiger partial charge in [-0.05, 0) is 23.8 Å². The van der Waals surface area contributed by atoms with E-state index in [1.54, 1.807) is 17.5 Å². The average Bonchev–Trinajstić information content (AvgIpc) is 2.86. The number of hydrogen-bond acceptors (Lipinski definition) is 4. The molecule has 3 rings (SSSR count). The highest BCUT2D eigenvalue weighted by Gasteiger charge is 2.34. The van der Waals surface area contributed by atoms with Crippen LogP contribution in [-0.2, 0) is 0 Å². The monoisotopic (exact) mass is 264 g/mol. The van der Waals surface area contributed by atoms with Crippen molar-refractivity contribution in [3.8, 4) is 9.88 Å². The standard InChI is InChI=1S/C12H12N2OS2/c1-7-5-8(7)14-11(15)10-6-13-12(17-10)9-3-2-4-16-9/h2-4,6-8H,5H2,1H3,(H,14,15)/t7-,8-/m1/s1. The Morgan fingerprint density at radius 2 is 2.41 bits per heavy atom. The summed E-state index contributed by atoms with van der Waals surface area (Å²) >= 11 is 3.10. The number of amides is 1. The maximum Gasteiger partial charge on any atom is 0.263 e. The largest absolute Gasteiger partial charge is 0.348 e. The van der Waals surface area contributed by atoms with Gasteiger partial charge >= 0.3 is 0 Å². The number of rotatable bonds is 3. The zero-order valence-corrected chi connectivity index (χ0v) is 11.0. The number of nitrogens with zero attached hydrogens (tertiary/aromatic N) is 1. The van der Waals surface area contributed by atoms with Crippen molar-refractivity contribution in [2.24, 2.45) is 5.92 Å². The number of hydrogen-bond donors (Lipinski definition) is 1. The molecular weight excluding hydrogens is 252 g/mol. The predicted octanol–water partition coefficient (Wildman–Crippen LogP) is 3.01. The van der Waals surface area contributed by atoms with Gasteiger partial charge in [-0.3, -0.25) is 4.79 Å². The number of thiophene rings is 1. The molecule has 0 saturated heterocycles. The van der Waals surface area contributed by atoms with Crippen LogP contribution >= 0.6 is 22.7 Å². The Kier molecular flexibility index (Phi) is 2.72. The Bertz CT molecular complexity index is 532. The van der Waals surface area contributed by atoms with E-state index >= 15 is 0 Å². The lowest BCUT2D eigenvalue weighted by atomic mass is 10.4. The molecule has 2 atom stereocenters. The van der Waals surface area contributed by atoms with Crippen molar-refractivity contribution in [3.63, 3.8) is 0 Å². The summed E-state index contributed by atoms with van der Waals surface area (Å²) in [6.07, 6.45) is 2.77. The molecule has 0 unspecified atom stereocenters. The minimum absolute atomic E-state index is 0.0136. The number of thiazole rings is 1. The first kappa shape index (κ1) is 10.9. The molecule has 1 aliphatic rings. The third-order valence-corrected chi connectivity index (χ3v) is 4.92. The summed E-state index contributed by atoms with van der Waals surface area (Å²) in [4.78, 5) is 18.0. The molecule has 0 bridgehead atoms. The van der Waals surface area contributed by atoms with Gasteiger partial charge in [0.25, 0.3) is 5.91 Å². The van der Waals surface area contributed by atoms with Crippen LogP contribution in [0.3, 0.4) is 0 Å². The SMILES string of the molecule is C[C@@H]1C[C@H]1NC(=O)c1cnc(-c2cccs2)s1. The van der Waals surface area contributed by atoms with Crippen LogP contribution in [0.1, 0.15) is 23.0 Å². The molecule has 1 fully saturated rings. The molecule has 2 aromatic heterocycles. The number of aromatic nitrogens is 1. The molecule has 1 N–H and O–H groups in total. The van der Waals surface area contributed by atoms with Crippen LogP contribution in [0.4, 0.5) is 0 Å². The van der Waals surface area contributed by atoms with Crippen molar-refractivity contribution < 1.29 is 4.79 Å². The van der Waals surface area contributed by atoms with E-state index in [9.17, 15) is 4.79 Å². The summed E-state index contributed by atoms with van der Waals surface area (Å²) in [7, 11) is 0. The van der Waals surface area contributed by atoms with E-state index in [1.807, 2.05) is 17.5 Å². The minimum atomic E-state index is 0.0136. The maximum absolute atomic E-state index is 11.9. The second kappa shape index (κ2) is 4.23. The van der Waals surface area contributed by atoms with Crippen molar-refractivity contribution in [2.75, 3.05) is 0 Å². The first-order valence-electron chi connectivity index (χ1n) is 5.54. The fraction of sp³-hybridized carbons (Fsp3) is 0.333. The number of nitrogens with one attached hydrogen (secondary N) is 1. The highest BCUT2D eigenvalue weighted by atomic mass is 32.1. The molecule has 1 amide bonds. The van der Waals surface area contributed by atoms with E-state index in [0.29, 0.717) is 16.8 Å². The van der Waals surface area contributed by atoms with Crippen molar-refractivity contribution in [3.05, 3.63) is 28.6 Å². The average molecular weight is 264 g/mol. The second-order valence-corrected chi connectivity index (χ2v) is 6.28. The van der Waals surface area contributed by atoms with E-state index in [1.165, 1.54) is 11.3 Å². The maximum atomic E-state index is 11.9. The first-order valence-corrected chi connectivity index (χ1v) is 7.24. The highest BCUT2D eigenvalue weighted by Crippen LogP contribution is 2.31. The Morgan fingerprint density at radius 1 is 1.59 bits per heavy atom. The van der Waals surface area contributed by atoms with Crippen molar-refractivity contribution in [2.45, 2.75) is 19.4 Å². The molecule has 3 nitrogen and oxygen atoms in total. The molecule has 0 aliphatic heterocycles. The molecule has 2 heterocycles. The Hall–Kier alpha value is -1.20. The lowest BCUT2D eigenvalue weighted by Crippen LogP contribution is -2.25. The van der Waals surface area contributed by atoms with Gasteiger partial charge in [-0.2, -0.15) is 0 Å². The smallest absolute Gasteiger partial charge is 0.263 e.